The van der Waals surface area contributed by atoms with Gasteiger partial charge in [0.05, 0.1) is 29.8 Å². The third-order valence-electron chi connectivity index (χ3n) is 3.00. The number of H-pyrrole nitrogens is 1. The predicted octanol–water partition coefficient (Wildman–Crippen LogP) is 2.65. The van der Waals surface area contributed by atoms with Crippen molar-refractivity contribution >= 4 is 11.3 Å². The van der Waals surface area contributed by atoms with Gasteiger partial charge < -0.3 is 9.55 Å². The fourth-order valence-corrected chi connectivity index (χ4v) is 2.73. The van der Waals surface area contributed by atoms with Crippen LogP contribution in [-0.2, 0) is 0 Å². The summed E-state index contributed by atoms with van der Waals surface area (Å²) in [4.78, 5) is 17.2. The molecule has 0 radical (unpaired) electrons. The van der Waals surface area contributed by atoms with Crippen LogP contribution >= 0.6 is 11.3 Å². The van der Waals surface area contributed by atoms with Crippen molar-refractivity contribution in [3.8, 4) is 11.5 Å². The molecule has 18 heavy (non-hydrogen) atoms. The van der Waals surface area contributed by atoms with Crippen molar-refractivity contribution in [3.63, 3.8) is 0 Å². The molecule has 3 aromatic heterocycles. The molecule has 92 valence electrons. The molecule has 3 aromatic rings. The van der Waals surface area contributed by atoms with E-state index in [0.717, 1.165) is 17.2 Å². The van der Waals surface area contributed by atoms with E-state index in [1.54, 1.807) is 30.1 Å². The lowest BCUT2D eigenvalue weighted by molar-refractivity contribution is 0.626. The normalized spacial score (nSPS) is 12.8. The lowest BCUT2D eigenvalue weighted by atomic mass is 10.2. The lowest BCUT2D eigenvalue weighted by Gasteiger charge is -2.14. The Balaban J connectivity index is 2.04. The van der Waals surface area contributed by atoms with Crippen LogP contribution in [0.5, 0.6) is 0 Å². The Morgan fingerprint density at radius 1 is 1.39 bits per heavy atom. The monoisotopic (exact) mass is 259 g/mol. The molecule has 1 unspecified atom stereocenters. The molecule has 0 aromatic carbocycles. The smallest absolute Gasteiger partial charge is 0.158 e. The molecule has 3 rings (SSSR count). The standard InChI is InChI=1S/C12H13N5S/c1-8(11-9(2)18-7-16-11)17-4-3-14-12(17)10-5-13-6-15-10/h3-8H,1-2H3,(H,13,15). The highest BCUT2D eigenvalue weighted by atomic mass is 32.1. The van der Waals surface area contributed by atoms with Crippen molar-refractivity contribution in [1.29, 1.82) is 0 Å². The Kier molecular flexibility index (Phi) is 2.71. The second kappa shape index (κ2) is 4.38. The third-order valence-corrected chi connectivity index (χ3v) is 3.78. The second-order valence-electron chi connectivity index (χ2n) is 4.09. The number of aromatic amines is 1. The Hall–Kier alpha value is -1.95. The Labute approximate surface area is 109 Å². The van der Waals surface area contributed by atoms with Gasteiger partial charge in [-0.05, 0) is 13.8 Å². The zero-order valence-electron chi connectivity index (χ0n) is 10.2. The Morgan fingerprint density at radius 3 is 2.94 bits per heavy atom. The van der Waals surface area contributed by atoms with E-state index in [2.05, 4.69) is 38.4 Å². The topological polar surface area (TPSA) is 59.4 Å². The van der Waals surface area contributed by atoms with Crippen molar-refractivity contribution in [2.75, 3.05) is 0 Å². The van der Waals surface area contributed by atoms with E-state index in [0.29, 0.717) is 0 Å². The summed E-state index contributed by atoms with van der Waals surface area (Å²) in [5, 5.41) is 0. The average Bonchev–Trinajstić information content (AvgIpc) is 3.09. The fraction of sp³-hybridized carbons (Fsp3) is 0.250. The molecule has 6 heteroatoms. The van der Waals surface area contributed by atoms with Gasteiger partial charge in [0.2, 0.25) is 0 Å². The van der Waals surface area contributed by atoms with E-state index in [-0.39, 0.29) is 6.04 Å². The zero-order valence-corrected chi connectivity index (χ0v) is 11.0. The van der Waals surface area contributed by atoms with Gasteiger partial charge in [-0.25, -0.2) is 15.0 Å². The summed E-state index contributed by atoms with van der Waals surface area (Å²) in [5.74, 6) is 0.882. The van der Waals surface area contributed by atoms with Crippen LogP contribution in [0, 0.1) is 6.92 Å². The zero-order chi connectivity index (χ0) is 12.5. The van der Waals surface area contributed by atoms with Crippen LogP contribution in [0.15, 0.2) is 30.4 Å². The van der Waals surface area contributed by atoms with Gasteiger partial charge in [0, 0.05) is 17.3 Å². The summed E-state index contributed by atoms with van der Waals surface area (Å²) >= 11 is 1.67. The third kappa shape index (κ3) is 1.74. The van der Waals surface area contributed by atoms with Crippen molar-refractivity contribution in [2.45, 2.75) is 19.9 Å². The number of aryl methyl sites for hydroxylation is 1. The minimum absolute atomic E-state index is 0.164. The van der Waals surface area contributed by atoms with Crippen molar-refractivity contribution in [2.24, 2.45) is 0 Å². The Bertz CT molecular complexity index is 637. The van der Waals surface area contributed by atoms with Gasteiger partial charge in [0.1, 0.15) is 5.69 Å². The number of hydrogen-bond donors (Lipinski definition) is 1. The van der Waals surface area contributed by atoms with Gasteiger partial charge in [-0.3, -0.25) is 0 Å². The quantitative estimate of drug-likeness (QED) is 0.786. The SMILES string of the molecule is Cc1scnc1C(C)n1ccnc1-c1cnc[nH]1. The summed E-state index contributed by atoms with van der Waals surface area (Å²) in [7, 11) is 0. The van der Waals surface area contributed by atoms with E-state index >= 15 is 0 Å². The first-order chi connectivity index (χ1) is 8.77. The van der Waals surface area contributed by atoms with Crippen LogP contribution in [0.25, 0.3) is 11.5 Å². The number of hydrogen-bond acceptors (Lipinski definition) is 4. The van der Waals surface area contributed by atoms with Crippen LogP contribution < -0.4 is 0 Å². The minimum atomic E-state index is 0.164. The molecule has 0 amide bonds. The number of rotatable bonds is 3. The van der Waals surface area contributed by atoms with Crippen molar-refractivity contribution in [3.05, 3.63) is 41.0 Å². The molecule has 0 aliphatic rings. The fourth-order valence-electron chi connectivity index (χ4n) is 2.06. The molecule has 3 heterocycles. The van der Waals surface area contributed by atoms with Crippen LogP contribution in [0.4, 0.5) is 0 Å². The highest BCUT2D eigenvalue weighted by molar-refractivity contribution is 7.09. The number of imidazole rings is 2. The first-order valence-electron chi connectivity index (χ1n) is 5.69. The molecule has 0 fully saturated rings. The molecular weight excluding hydrogens is 246 g/mol. The first kappa shape index (κ1) is 11.2. The maximum absolute atomic E-state index is 4.44. The highest BCUT2D eigenvalue weighted by Crippen LogP contribution is 2.26. The number of thiazole rings is 1. The number of aromatic nitrogens is 5. The van der Waals surface area contributed by atoms with Crippen LogP contribution in [0.1, 0.15) is 23.5 Å². The van der Waals surface area contributed by atoms with Crippen LogP contribution in [-0.4, -0.2) is 24.5 Å². The van der Waals surface area contributed by atoms with Gasteiger partial charge in [-0.2, -0.15) is 0 Å². The number of nitrogens with one attached hydrogen (secondary N) is 1. The van der Waals surface area contributed by atoms with Gasteiger partial charge in [-0.1, -0.05) is 0 Å². The van der Waals surface area contributed by atoms with Gasteiger partial charge in [0.25, 0.3) is 0 Å². The molecule has 0 saturated carbocycles. The molecule has 1 atom stereocenters. The molecule has 0 bridgehead atoms. The summed E-state index contributed by atoms with van der Waals surface area (Å²) in [6.07, 6.45) is 7.21. The molecule has 0 aliphatic carbocycles. The lowest BCUT2D eigenvalue weighted by Crippen LogP contribution is -2.09. The van der Waals surface area contributed by atoms with E-state index in [4.69, 9.17) is 0 Å². The van der Waals surface area contributed by atoms with Gasteiger partial charge >= 0.3 is 0 Å². The summed E-state index contributed by atoms with van der Waals surface area (Å²) in [6, 6.07) is 0.164. The summed E-state index contributed by atoms with van der Waals surface area (Å²) in [6.45, 7) is 4.22. The predicted molar refractivity (Wildman–Crippen MR) is 70.5 cm³/mol. The van der Waals surface area contributed by atoms with Crippen molar-refractivity contribution in [1.82, 2.24) is 24.5 Å². The summed E-state index contributed by atoms with van der Waals surface area (Å²) < 4.78 is 2.11. The molecule has 0 saturated heterocycles. The molecular formula is C12H13N5S. The maximum atomic E-state index is 4.44. The maximum Gasteiger partial charge on any atom is 0.158 e. The summed E-state index contributed by atoms with van der Waals surface area (Å²) in [5.41, 5.74) is 3.90. The second-order valence-corrected chi connectivity index (χ2v) is 5.15. The molecule has 1 N–H and O–H groups in total. The van der Waals surface area contributed by atoms with Crippen molar-refractivity contribution < 1.29 is 0 Å². The van der Waals surface area contributed by atoms with E-state index < -0.39 is 0 Å². The largest absolute Gasteiger partial charge is 0.342 e. The first-order valence-corrected chi connectivity index (χ1v) is 6.57. The van der Waals surface area contributed by atoms with Crippen LogP contribution in [0.3, 0.4) is 0 Å². The van der Waals surface area contributed by atoms with Gasteiger partial charge in [0.15, 0.2) is 5.82 Å². The average molecular weight is 259 g/mol. The Morgan fingerprint density at radius 2 is 2.28 bits per heavy atom. The minimum Gasteiger partial charge on any atom is -0.342 e. The highest BCUT2D eigenvalue weighted by Gasteiger charge is 2.17. The van der Waals surface area contributed by atoms with E-state index in [1.807, 2.05) is 11.7 Å². The van der Waals surface area contributed by atoms with E-state index in [9.17, 15) is 0 Å². The molecule has 0 spiro atoms. The molecule has 5 nitrogen and oxygen atoms in total. The van der Waals surface area contributed by atoms with E-state index in [1.165, 1.54) is 4.88 Å². The van der Waals surface area contributed by atoms with Gasteiger partial charge in [-0.15, -0.1) is 11.3 Å². The van der Waals surface area contributed by atoms with Crippen LogP contribution in [0.2, 0.25) is 0 Å². The number of nitrogens with zero attached hydrogens (tertiary/aromatic N) is 4. The molecule has 0 aliphatic heterocycles.